The Morgan fingerprint density at radius 2 is 2.30 bits per heavy atom. The predicted molar refractivity (Wildman–Crippen MR) is 80.5 cm³/mol. The second-order valence-electron chi connectivity index (χ2n) is 5.55. The van der Waals surface area contributed by atoms with Crippen molar-refractivity contribution in [3.8, 4) is 0 Å². The first-order chi connectivity index (χ1) is 9.63. The zero-order valence-corrected chi connectivity index (χ0v) is 12.4. The van der Waals surface area contributed by atoms with Gasteiger partial charge in [-0.3, -0.25) is 0 Å². The van der Waals surface area contributed by atoms with Crippen molar-refractivity contribution in [2.24, 2.45) is 5.73 Å². The molecule has 0 saturated carbocycles. The normalized spacial score (nSPS) is 21.0. The average molecular weight is 280 g/mol. The van der Waals surface area contributed by atoms with Crippen LogP contribution in [0.2, 0.25) is 0 Å². The Morgan fingerprint density at radius 1 is 1.50 bits per heavy atom. The maximum Gasteiger partial charge on any atom is 0.146 e. The van der Waals surface area contributed by atoms with Crippen LogP contribution in [0.15, 0.2) is 18.2 Å². The number of para-hydroxylation sites is 1. The van der Waals surface area contributed by atoms with Gasteiger partial charge in [-0.25, -0.2) is 4.39 Å². The standard InChI is InChI=1S/C16H25FN2O/c1-3-10-20-13-6-5-9-19(11-13)16-14(12(2)18)7-4-8-15(16)17/h4,7-8,12-13H,3,5-6,9-11,18H2,1-2H3. The van der Waals surface area contributed by atoms with Crippen LogP contribution in [0.3, 0.4) is 0 Å². The second kappa shape index (κ2) is 7.04. The van der Waals surface area contributed by atoms with Gasteiger partial charge in [0.2, 0.25) is 0 Å². The molecule has 1 aliphatic rings. The van der Waals surface area contributed by atoms with E-state index in [1.165, 1.54) is 6.07 Å². The highest BCUT2D eigenvalue weighted by Crippen LogP contribution is 2.31. The Morgan fingerprint density at radius 3 is 3.00 bits per heavy atom. The molecule has 1 fully saturated rings. The summed E-state index contributed by atoms with van der Waals surface area (Å²) in [6.07, 6.45) is 3.30. The van der Waals surface area contributed by atoms with E-state index in [-0.39, 0.29) is 18.0 Å². The predicted octanol–water partition coefficient (Wildman–Crippen LogP) is 3.24. The molecule has 2 N–H and O–H groups in total. The number of hydrogen-bond acceptors (Lipinski definition) is 3. The van der Waals surface area contributed by atoms with E-state index in [4.69, 9.17) is 10.5 Å². The lowest BCUT2D eigenvalue weighted by molar-refractivity contribution is 0.0439. The molecule has 0 spiro atoms. The molecule has 2 unspecified atom stereocenters. The zero-order valence-electron chi connectivity index (χ0n) is 12.4. The first-order valence-electron chi connectivity index (χ1n) is 7.54. The van der Waals surface area contributed by atoms with E-state index in [2.05, 4.69) is 11.8 Å². The smallest absolute Gasteiger partial charge is 0.146 e. The molecule has 1 heterocycles. The monoisotopic (exact) mass is 280 g/mol. The first-order valence-corrected chi connectivity index (χ1v) is 7.54. The summed E-state index contributed by atoms with van der Waals surface area (Å²) in [4.78, 5) is 2.10. The summed E-state index contributed by atoms with van der Waals surface area (Å²) in [5, 5.41) is 0. The van der Waals surface area contributed by atoms with E-state index in [1.807, 2.05) is 13.0 Å². The van der Waals surface area contributed by atoms with Gasteiger partial charge >= 0.3 is 0 Å². The highest BCUT2D eigenvalue weighted by atomic mass is 19.1. The van der Waals surface area contributed by atoms with Gasteiger partial charge in [0.25, 0.3) is 0 Å². The number of benzene rings is 1. The molecule has 0 bridgehead atoms. The van der Waals surface area contributed by atoms with Gasteiger partial charge in [0.05, 0.1) is 11.8 Å². The minimum atomic E-state index is -0.184. The number of hydrogen-bond donors (Lipinski definition) is 1. The molecule has 1 aliphatic heterocycles. The van der Waals surface area contributed by atoms with Crippen molar-refractivity contribution >= 4 is 5.69 Å². The summed E-state index contributed by atoms with van der Waals surface area (Å²) >= 11 is 0. The topological polar surface area (TPSA) is 38.5 Å². The molecule has 4 heteroatoms. The first kappa shape index (κ1) is 15.3. The molecule has 1 aromatic carbocycles. The lowest BCUT2D eigenvalue weighted by Gasteiger charge is -2.36. The molecule has 1 saturated heterocycles. The number of ether oxygens (including phenoxy) is 1. The third-order valence-corrected chi connectivity index (χ3v) is 3.76. The van der Waals surface area contributed by atoms with Crippen LogP contribution < -0.4 is 10.6 Å². The molecule has 2 rings (SSSR count). The third kappa shape index (κ3) is 3.49. The van der Waals surface area contributed by atoms with E-state index >= 15 is 0 Å². The molecule has 112 valence electrons. The molecule has 0 radical (unpaired) electrons. The molecule has 0 aliphatic carbocycles. The van der Waals surface area contributed by atoms with E-state index in [0.29, 0.717) is 5.69 Å². The number of anilines is 1. The van der Waals surface area contributed by atoms with E-state index < -0.39 is 0 Å². The van der Waals surface area contributed by atoms with Crippen molar-refractivity contribution < 1.29 is 9.13 Å². The van der Waals surface area contributed by atoms with Crippen LogP contribution >= 0.6 is 0 Å². The lowest BCUT2D eigenvalue weighted by atomic mass is 10.0. The molecule has 1 aromatic rings. The van der Waals surface area contributed by atoms with Crippen molar-refractivity contribution in [1.29, 1.82) is 0 Å². The Labute approximate surface area is 120 Å². The van der Waals surface area contributed by atoms with E-state index in [0.717, 1.165) is 44.5 Å². The maximum atomic E-state index is 14.2. The van der Waals surface area contributed by atoms with Gasteiger partial charge in [-0.1, -0.05) is 19.1 Å². The summed E-state index contributed by atoms with van der Waals surface area (Å²) in [5.41, 5.74) is 7.52. The maximum absolute atomic E-state index is 14.2. The summed E-state index contributed by atoms with van der Waals surface area (Å²) in [6, 6.07) is 4.99. The van der Waals surface area contributed by atoms with Crippen molar-refractivity contribution in [1.82, 2.24) is 0 Å². The fourth-order valence-corrected chi connectivity index (χ4v) is 2.79. The number of rotatable bonds is 5. The Hall–Kier alpha value is -1.13. The number of nitrogens with zero attached hydrogens (tertiary/aromatic N) is 1. The Kier molecular flexibility index (Phi) is 5.38. The Balaban J connectivity index is 2.18. The molecule has 0 amide bonds. The minimum Gasteiger partial charge on any atom is -0.376 e. The van der Waals surface area contributed by atoms with Crippen LogP contribution in [0.4, 0.5) is 10.1 Å². The van der Waals surface area contributed by atoms with Gasteiger partial charge in [-0.05, 0) is 37.8 Å². The fraction of sp³-hybridized carbons (Fsp3) is 0.625. The molecule has 2 atom stereocenters. The molecule has 0 aromatic heterocycles. The Bertz CT molecular complexity index is 436. The molecular weight excluding hydrogens is 255 g/mol. The highest BCUT2D eigenvalue weighted by Gasteiger charge is 2.25. The van der Waals surface area contributed by atoms with Gasteiger partial charge in [0.1, 0.15) is 5.82 Å². The van der Waals surface area contributed by atoms with E-state index in [1.54, 1.807) is 6.07 Å². The number of halogens is 1. The molecule has 3 nitrogen and oxygen atoms in total. The number of nitrogens with two attached hydrogens (primary N) is 1. The highest BCUT2D eigenvalue weighted by molar-refractivity contribution is 5.56. The van der Waals surface area contributed by atoms with Crippen LogP contribution in [-0.2, 0) is 4.74 Å². The number of piperidine rings is 1. The SMILES string of the molecule is CCCOC1CCCN(c2c(F)cccc2C(C)N)C1. The van der Waals surface area contributed by atoms with Crippen molar-refractivity contribution in [3.63, 3.8) is 0 Å². The summed E-state index contributed by atoms with van der Waals surface area (Å²) in [6.45, 7) is 6.39. The van der Waals surface area contributed by atoms with Crippen LogP contribution in [0.25, 0.3) is 0 Å². The molecular formula is C16H25FN2O. The van der Waals surface area contributed by atoms with Gasteiger partial charge in [-0.15, -0.1) is 0 Å². The fourth-order valence-electron chi connectivity index (χ4n) is 2.79. The van der Waals surface area contributed by atoms with Crippen LogP contribution in [-0.4, -0.2) is 25.8 Å². The second-order valence-corrected chi connectivity index (χ2v) is 5.55. The van der Waals surface area contributed by atoms with Crippen molar-refractivity contribution in [2.45, 2.75) is 45.3 Å². The van der Waals surface area contributed by atoms with E-state index in [9.17, 15) is 4.39 Å². The average Bonchev–Trinajstić information content (AvgIpc) is 2.45. The lowest BCUT2D eigenvalue weighted by Crippen LogP contribution is -2.41. The third-order valence-electron chi connectivity index (χ3n) is 3.76. The van der Waals surface area contributed by atoms with Gasteiger partial charge in [0.15, 0.2) is 0 Å². The minimum absolute atomic E-state index is 0.169. The van der Waals surface area contributed by atoms with Gasteiger partial charge in [0, 0.05) is 25.7 Å². The van der Waals surface area contributed by atoms with Crippen LogP contribution in [0.5, 0.6) is 0 Å². The van der Waals surface area contributed by atoms with Crippen molar-refractivity contribution in [3.05, 3.63) is 29.6 Å². The summed E-state index contributed by atoms with van der Waals surface area (Å²) < 4.78 is 20.1. The quantitative estimate of drug-likeness (QED) is 0.900. The van der Waals surface area contributed by atoms with Crippen molar-refractivity contribution in [2.75, 3.05) is 24.6 Å². The summed E-state index contributed by atoms with van der Waals surface area (Å²) in [5.74, 6) is -0.184. The summed E-state index contributed by atoms with van der Waals surface area (Å²) in [7, 11) is 0. The van der Waals surface area contributed by atoms with Crippen LogP contribution in [0.1, 0.15) is 44.7 Å². The molecule has 20 heavy (non-hydrogen) atoms. The van der Waals surface area contributed by atoms with Crippen LogP contribution in [0, 0.1) is 5.82 Å². The largest absolute Gasteiger partial charge is 0.376 e. The van der Waals surface area contributed by atoms with Gasteiger partial charge in [-0.2, -0.15) is 0 Å². The van der Waals surface area contributed by atoms with Gasteiger partial charge < -0.3 is 15.4 Å². The zero-order chi connectivity index (χ0) is 14.5.